The molecule has 0 saturated heterocycles. The number of carbonyl (C=O) groups excluding carboxylic acids is 4. The quantitative estimate of drug-likeness (QED) is 0.580. The van der Waals surface area contributed by atoms with Crippen LogP contribution < -0.4 is 15.5 Å². The maximum atomic E-state index is 13.3. The topological polar surface area (TPSA) is 105 Å². The molecule has 0 aliphatic carbocycles. The summed E-state index contributed by atoms with van der Waals surface area (Å²) in [6.07, 6.45) is -0.719. The van der Waals surface area contributed by atoms with Gasteiger partial charge in [0, 0.05) is 23.6 Å². The Morgan fingerprint density at radius 3 is 2.00 bits per heavy atom. The maximum Gasteiger partial charge on any atom is 0.407 e. The minimum atomic E-state index is -1.14. The summed E-state index contributed by atoms with van der Waals surface area (Å²) in [6.45, 7) is 11.7. The summed E-state index contributed by atoms with van der Waals surface area (Å²) in [5.74, 6) is -1.23. The molecule has 0 spiro atoms. The Morgan fingerprint density at radius 2 is 1.46 bits per heavy atom. The van der Waals surface area contributed by atoms with Gasteiger partial charge in [0.25, 0.3) is 0 Å². The number of rotatable bonds is 7. The lowest BCUT2D eigenvalue weighted by Crippen LogP contribution is -2.58. The molecule has 0 radical (unpaired) electrons. The van der Waals surface area contributed by atoms with Crippen LogP contribution in [0.5, 0.6) is 0 Å². The highest BCUT2D eigenvalue weighted by atomic mass is 16.6. The molecule has 0 aromatic heterocycles. The molecule has 0 fully saturated rings. The first-order valence-electron chi connectivity index (χ1n) is 11.5. The van der Waals surface area contributed by atoms with Gasteiger partial charge in [-0.2, -0.15) is 0 Å². The Kier molecular flexibility index (Phi) is 8.79. The van der Waals surface area contributed by atoms with Crippen LogP contribution in [0.15, 0.2) is 54.6 Å². The van der Waals surface area contributed by atoms with Crippen LogP contribution in [0, 0.1) is 0 Å². The van der Waals surface area contributed by atoms with Gasteiger partial charge in [0.05, 0.1) is 12.2 Å². The molecule has 2 rings (SSSR count). The third kappa shape index (κ3) is 8.24. The van der Waals surface area contributed by atoms with Crippen molar-refractivity contribution in [3.63, 3.8) is 0 Å². The van der Waals surface area contributed by atoms with E-state index in [4.69, 9.17) is 4.74 Å². The van der Waals surface area contributed by atoms with Crippen molar-refractivity contribution < 1.29 is 23.9 Å². The molecule has 188 valence electrons. The SMILES string of the molecule is CC(=O)N(c1ccccc1C(=O)c1ccccc1)C(CNC(=O)OC(C)(C)C)C(=O)NC(C)(C)C. The molecule has 1 unspecified atom stereocenters. The minimum Gasteiger partial charge on any atom is -0.444 e. The second-order valence-corrected chi connectivity index (χ2v) is 10.2. The lowest BCUT2D eigenvalue weighted by atomic mass is 9.99. The number of alkyl carbamates (subject to hydrolysis) is 1. The van der Waals surface area contributed by atoms with Crippen molar-refractivity contribution in [3.05, 3.63) is 65.7 Å². The van der Waals surface area contributed by atoms with E-state index in [2.05, 4.69) is 10.6 Å². The highest BCUT2D eigenvalue weighted by Crippen LogP contribution is 2.26. The zero-order valence-corrected chi connectivity index (χ0v) is 21.5. The molecule has 0 bridgehead atoms. The largest absolute Gasteiger partial charge is 0.444 e. The summed E-state index contributed by atoms with van der Waals surface area (Å²) in [5.41, 5.74) is -0.342. The number of benzene rings is 2. The third-order valence-corrected chi connectivity index (χ3v) is 4.73. The number of para-hydroxylation sites is 1. The lowest BCUT2D eigenvalue weighted by molar-refractivity contribution is -0.126. The average molecular weight is 482 g/mol. The fourth-order valence-corrected chi connectivity index (χ4v) is 3.43. The van der Waals surface area contributed by atoms with E-state index < -0.39 is 35.1 Å². The number of ketones is 1. The van der Waals surface area contributed by atoms with Crippen molar-refractivity contribution in [1.29, 1.82) is 0 Å². The number of ether oxygens (including phenoxy) is 1. The molecule has 0 heterocycles. The lowest BCUT2D eigenvalue weighted by Gasteiger charge is -2.34. The van der Waals surface area contributed by atoms with Gasteiger partial charge in [0.1, 0.15) is 11.6 Å². The van der Waals surface area contributed by atoms with Gasteiger partial charge in [-0.1, -0.05) is 42.5 Å². The predicted molar refractivity (Wildman–Crippen MR) is 135 cm³/mol. The van der Waals surface area contributed by atoms with Crippen LogP contribution in [0.25, 0.3) is 0 Å². The van der Waals surface area contributed by atoms with Crippen molar-refractivity contribution >= 4 is 29.4 Å². The molecule has 2 aromatic rings. The maximum absolute atomic E-state index is 13.3. The summed E-state index contributed by atoms with van der Waals surface area (Å²) in [6, 6.07) is 14.2. The number of carbonyl (C=O) groups is 4. The van der Waals surface area contributed by atoms with Crippen molar-refractivity contribution in [2.75, 3.05) is 11.4 Å². The van der Waals surface area contributed by atoms with Gasteiger partial charge >= 0.3 is 6.09 Å². The van der Waals surface area contributed by atoms with Crippen molar-refractivity contribution in [3.8, 4) is 0 Å². The Balaban J connectivity index is 2.51. The zero-order chi connectivity index (χ0) is 26.4. The van der Waals surface area contributed by atoms with E-state index in [0.717, 1.165) is 0 Å². The highest BCUT2D eigenvalue weighted by molar-refractivity contribution is 6.15. The van der Waals surface area contributed by atoms with Gasteiger partial charge in [0.2, 0.25) is 11.8 Å². The number of hydrogen-bond donors (Lipinski definition) is 2. The fraction of sp³-hybridized carbons (Fsp3) is 0.407. The third-order valence-electron chi connectivity index (χ3n) is 4.73. The van der Waals surface area contributed by atoms with Gasteiger partial charge in [-0.25, -0.2) is 4.79 Å². The van der Waals surface area contributed by atoms with E-state index in [-0.39, 0.29) is 23.6 Å². The first-order valence-corrected chi connectivity index (χ1v) is 11.5. The van der Waals surface area contributed by atoms with Crippen LogP contribution >= 0.6 is 0 Å². The van der Waals surface area contributed by atoms with E-state index in [1.165, 1.54) is 11.8 Å². The van der Waals surface area contributed by atoms with E-state index in [1.807, 2.05) is 20.8 Å². The summed E-state index contributed by atoms with van der Waals surface area (Å²) in [4.78, 5) is 53.2. The van der Waals surface area contributed by atoms with Crippen LogP contribution in [0.4, 0.5) is 10.5 Å². The molecule has 3 amide bonds. The zero-order valence-electron chi connectivity index (χ0n) is 21.5. The molecule has 2 aromatic carbocycles. The Morgan fingerprint density at radius 1 is 0.886 bits per heavy atom. The van der Waals surface area contributed by atoms with E-state index in [0.29, 0.717) is 5.56 Å². The number of anilines is 1. The van der Waals surface area contributed by atoms with Crippen LogP contribution in [-0.2, 0) is 14.3 Å². The molecule has 0 aliphatic heterocycles. The van der Waals surface area contributed by atoms with E-state index in [1.54, 1.807) is 75.4 Å². The number of nitrogens with one attached hydrogen (secondary N) is 2. The molecular weight excluding hydrogens is 446 g/mol. The van der Waals surface area contributed by atoms with Crippen molar-refractivity contribution in [2.45, 2.75) is 65.6 Å². The van der Waals surface area contributed by atoms with Crippen LogP contribution in [0.2, 0.25) is 0 Å². The predicted octanol–water partition coefficient (Wildman–Crippen LogP) is 4.08. The molecular formula is C27H35N3O5. The van der Waals surface area contributed by atoms with E-state index in [9.17, 15) is 19.2 Å². The number of nitrogens with zero attached hydrogens (tertiary/aromatic N) is 1. The summed E-state index contributed by atoms with van der Waals surface area (Å²) < 4.78 is 5.30. The molecule has 1 atom stereocenters. The Bertz CT molecular complexity index is 1070. The second kappa shape index (κ2) is 11.2. The summed E-state index contributed by atoms with van der Waals surface area (Å²) in [7, 11) is 0. The van der Waals surface area contributed by atoms with Gasteiger partial charge in [-0.05, 0) is 53.7 Å². The molecule has 0 saturated carbocycles. The van der Waals surface area contributed by atoms with E-state index >= 15 is 0 Å². The fourth-order valence-electron chi connectivity index (χ4n) is 3.43. The molecule has 0 aliphatic rings. The number of amides is 3. The first kappa shape index (κ1) is 27.6. The smallest absolute Gasteiger partial charge is 0.407 e. The second-order valence-electron chi connectivity index (χ2n) is 10.2. The average Bonchev–Trinajstić information content (AvgIpc) is 2.74. The van der Waals surface area contributed by atoms with Gasteiger partial charge < -0.3 is 15.4 Å². The normalized spacial score (nSPS) is 12.3. The molecule has 2 N–H and O–H groups in total. The van der Waals surface area contributed by atoms with Gasteiger partial charge in [0.15, 0.2) is 5.78 Å². The summed E-state index contributed by atoms with van der Waals surface area (Å²) in [5, 5.41) is 5.46. The Labute approximate surface area is 207 Å². The highest BCUT2D eigenvalue weighted by Gasteiger charge is 2.34. The van der Waals surface area contributed by atoms with Gasteiger partial charge in [-0.3, -0.25) is 19.3 Å². The molecule has 8 heteroatoms. The van der Waals surface area contributed by atoms with Crippen LogP contribution in [0.1, 0.15) is 64.4 Å². The Hall–Kier alpha value is -3.68. The van der Waals surface area contributed by atoms with Crippen LogP contribution in [-0.4, -0.2) is 47.4 Å². The minimum absolute atomic E-state index is 0.218. The van der Waals surface area contributed by atoms with Gasteiger partial charge in [-0.15, -0.1) is 0 Å². The van der Waals surface area contributed by atoms with Crippen LogP contribution in [0.3, 0.4) is 0 Å². The van der Waals surface area contributed by atoms with Crippen molar-refractivity contribution in [2.24, 2.45) is 0 Å². The summed E-state index contributed by atoms with van der Waals surface area (Å²) >= 11 is 0. The van der Waals surface area contributed by atoms with Crippen molar-refractivity contribution in [1.82, 2.24) is 10.6 Å². The first-order chi connectivity index (χ1) is 16.2. The molecule has 35 heavy (non-hydrogen) atoms. The monoisotopic (exact) mass is 481 g/mol. The molecule has 8 nitrogen and oxygen atoms in total. The number of hydrogen-bond acceptors (Lipinski definition) is 5. The standard InChI is InChI=1S/C27H35N3O5/c1-18(31)30(21-16-12-11-15-20(21)23(32)19-13-9-8-10-14-19)22(24(33)29-26(2,3)4)17-28-25(34)35-27(5,6)7/h8-16,22H,17H2,1-7H3,(H,28,34)(H,29,33).